The molecule has 0 atom stereocenters. The van der Waals surface area contributed by atoms with E-state index in [1.165, 1.54) is 0 Å². The van der Waals surface area contributed by atoms with Gasteiger partial charge in [-0.15, -0.1) is 0 Å². The van der Waals surface area contributed by atoms with Gasteiger partial charge in [-0.3, -0.25) is 0 Å². The Bertz CT molecular complexity index is 987. The van der Waals surface area contributed by atoms with E-state index in [1.807, 2.05) is 43.3 Å². The second-order valence-corrected chi connectivity index (χ2v) is 6.16. The number of pyridine rings is 1. The van der Waals surface area contributed by atoms with E-state index in [9.17, 15) is 5.21 Å². The largest absolute Gasteiger partial charge is 0.410 e. The molecule has 132 valence electrons. The SMILES string of the molecule is Cc1cc(Nc2ccc(N)c(N)n2)ccc1C(=NO)c1ccccc1Cl. The van der Waals surface area contributed by atoms with Crippen LogP contribution >= 0.6 is 11.6 Å². The molecule has 26 heavy (non-hydrogen) atoms. The topological polar surface area (TPSA) is 110 Å². The third kappa shape index (κ3) is 3.55. The summed E-state index contributed by atoms with van der Waals surface area (Å²) in [6.07, 6.45) is 0. The number of hydrogen-bond donors (Lipinski definition) is 4. The summed E-state index contributed by atoms with van der Waals surface area (Å²) in [5.41, 5.74) is 15.4. The molecular formula is C19H18ClN5O. The van der Waals surface area contributed by atoms with E-state index in [4.69, 9.17) is 23.1 Å². The Labute approximate surface area is 156 Å². The van der Waals surface area contributed by atoms with Crippen LogP contribution in [0.4, 0.5) is 23.0 Å². The molecule has 0 aliphatic heterocycles. The number of nitrogens with zero attached hydrogens (tertiary/aromatic N) is 2. The predicted molar refractivity (Wildman–Crippen MR) is 106 cm³/mol. The fraction of sp³-hybridized carbons (Fsp3) is 0.0526. The van der Waals surface area contributed by atoms with Crippen LogP contribution in [0.3, 0.4) is 0 Å². The number of nitrogens with two attached hydrogens (primary N) is 2. The van der Waals surface area contributed by atoms with Gasteiger partial charge < -0.3 is 22.0 Å². The summed E-state index contributed by atoms with van der Waals surface area (Å²) in [5.74, 6) is 0.864. The molecule has 0 radical (unpaired) electrons. The van der Waals surface area contributed by atoms with E-state index in [0.717, 1.165) is 16.8 Å². The van der Waals surface area contributed by atoms with Gasteiger partial charge in [-0.25, -0.2) is 4.98 Å². The van der Waals surface area contributed by atoms with Crippen molar-refractivity contribution in [2.24, 2.45) is 5.16 Å². The number of rotatable bonds is 4. The lowest BCUT2D eigenvalue weighted by molar-refractivity contribution is 0.319. The quantitative estimate of drug-likeness (QED) is 0.314. The van der Waals surface area contributed by atoms with E-state index in [1.54, 1.807) is 18.2 Å². The molecule has 0 saturated carbocycles. The maximum atomic E-state index is 9.52. The van der Waals surface area contributed by atoms with E-state index in [0.29, 0.717) is 27.8 Å². The summed E-state index contributed by atoms with van der Waals surface area (Å²) in [6.45, 7) is 1.92. The Hall–Kier alpha value is -3.25. The Morgan fingerprint density at radius 1 is 1.08 bits per heavy atom. The van der Waals surface area contributed by atoms with Gasteiger partial charge in [0, 0.05) is 16.8 Å². The average molecular weight is 368 g/mol. The number of halogens is 1. The monoisotopic (exact) mass is 367 g/mol. The zero-order valence-electron chi connectivity index (χ0n) is 14.1. The molecule has 3 rings (SSSR count). The number of aryl methyl sites for hydroxylation is 1. The minimum Gasteiger partial charge on any atom is -0.410 e. The van der Waals surface area contributed by atoms with Crippen molar-refractivity contribution < 1.29 is 5.21 Å². The Morgan fingerprint density at radius 3 is 2.50 bits per heavy atom. The smallest absolute Gasteiger partial charge is 0.149 e. The third-order valence-electron chi connectivity index (χ3n) is 3.94. The minimum atomic E-state index is 0.275. The van der Waals surface area contributed by atoms with Crippen LogP contribution in [-0.2, 0) is 0 Å². The highest BCUT2D eigenvalue weighted by molar-refractivity contribution is 6.35. The number of nitrogen functional groups attached to an aromatic ring is 2. The molecule has 6 N–H and O–H groups in total. The second kappa shape index (κ2) is 7.33. The van der Waals surface area contributed by atoms with Crippen LogP contribution < -0.4 is 16.8 Å². The van der Waals surface area contributed by atoms with E-state index in [-0.39, 0.29) is 5.82 Å². The fourth-order valence-electron chi connectivity index (χ4n) is 2.62. The molecule has 0 aliphatic rings. The molecule has 0 aliphatic carbocycles. The van der Waals surface area contributed by atoms with Crippen LogP contribution in [0.1, 0.15) is 16.7 Å². The van der Waals surface area contributed by atoms with Crippen molar-refractivity contribution in [1.82, 2.24) is 4.98 Å². The van der Waals surface area contributed by atoms with Crippen molar-refractivity contribution in [2.45, 2.75) is 6.92 Å². The summed E-state index contributed by atoms with van der Waals surface area (Å²) in [7, 11) is 0. The predicted octanol–water partition coefficient (Wildman–Crippen LogP) is 4.18. The van der Waals surface area contributed by atoms with Gasteiger partial charge in [-0.2, -0.15) is 0 Å². The summed E-state index contributed by atoms with van der Waals surface area (Å²) < 4.78 is 0. The van der Waals surface area contributed by atoms with Crippen molar-refractivity contribution >= 4 is 40.3 Å². The summed E-state index contributed by atoms with van der Waals surface area (Å²) in [5, 5.41) is 16.7. The van der Waals surface area contributed by atoms with Crippen molar-refractivity contribution in [1.29, 1.82) is 0 Å². The molecular weight excluding hydrogens is 350 g/mol. The zero-order chi connectivity index (χ0) is 18.7. The number of oxime groups is 1. The zero-order valence-corrected chi connectivity index (χ0v) is 14.8. The first-order chi connectivity index (χ1) is 12.5. The lowest BCUT2D eigenvalue weighted by Gasteiger charge is -2.13. The molecule has 6 nitrogen and oxygen atoms in total. The van der Waals surface area contributed by atoms with Gasteiger partial charge in [-0.05, 0) is 42.8 Å². The van der Waals surface area contributed by atoms with Gasteiger partial charge >= 0.3 is 0 Å². The maximum absolute atomic E-state index is 9.52. The molecule has 2 aromatic carbocycles. The van der Waals surface area contributed by atoms with Crippen LogP contribution in [0.25, 0.3) is 0 Å². The Kier molecular flexibility index (Phi) is 4.95. The maximum Gasteiger partial charge on any atom is 0.149 e. The Morgan fingerprint density at radius 2 is 1.85 bits per heavy atom. The summed E-state index contributed by atoms with van der Waals surface area (Å²) in [6, 6.07) is 16.3. The van der Waals surface area contributed by atoms with E-state index < -0.39 is 0 Å². The van der Waals surface area contributed by atoms with Gasteiger partial charge in [0.25, 0.3) is 0 Å². The lowest BCUT2D eigenvalue weighted by atomic mass is 9.97. The highest BCUT2D eigenvalue weighted by atomic mass is 35.5. The standard InChI is InChI=1S/C19H18ClN5O/c1-11-10-12(23-17-9-8-16(21)19(22)24-17)6-7-13(11)18(25-26)14-4-2-3-5-15(14)20/h2-10,26H,21H2,1H3,(H3,22,23,24). The number of benzene rings is 2. The van der Waals surface area contributed by atoms with Crippen molar-refractivity contribution in [3.8, 4) is 0 Å². The first-order valence-corrected chi connectivity index (χ1v) is 8.24. The first-order valence-electron chi connectivity index (χ1n) is 7.86. The molecule has 0 bridgehead atoms. The summed E-state index contributed by atoms with van der Waals surface area (Å²) in [4.78, 5) is 4.19. The van der Waals surface area contributed by atoms with Crippen molar-refractivity contribution in [3.05, 3.63) is 76.3 Å². The normalized spacial score (nSPS) is 11.4. The Balaban J connectivity index is 1.92. The fourth-order valence-corrected chi connectivity index (χ4v) is 2.84. The third-order valence-corrected chi connectivity index (χ3v) is 4.27. The molecule has 1 aromatic heterocycles. The van der Waals surface area contributed by atoms with Crippen LogP contribution in [0.2, 0.25) is 5.02 Å². The highest BCUT2D eigenvalue weighted by Crippen LogP contribution is 2.25. The molecule has 0 unspecified atom stereocenters. The summed E-state index contributed by atoms with van der Waals surface area (Å²) >= 11 is 6.23. The molecule has 3 aromatic rings. The molecule has 0 amide bonds. The van der Waals surface area contributed by atoms with Crippen LogP contribution in [0.5, 0.6) is 0 Å². The van der Waals surface area contributed by atoms with Gasteiger partial charge in [-0.1, -0.05) is 41.0 Å². The van der Waals surface area contributed by atoms with E-state index in [2.05, 4.69) is 15.5 Å². The average Bonchev–Trinajstić information content (AvgIpc) is 2.62. The highest BCUT2D eigenvalue weighted by Gasteiger charge is 2.14. The molecule has 0 spiro atoms. The number of nitrogens with one attached hydrogen (secondary N) is 1. The van der Waals surface area contributed by atoms with Crippen LogP contribution in [0, 0.1) is 6.92 Å². The number of anilines is 4. The van der Waals surface area contributed by atoms with Gasteiger partial charge in [0.2, 0.25) is 0 Å². The number of aromatic nitrogens is 1. The second-order valence-electron chi connectivity index (χ2n) is 5.75. The lowest BCUT2D eigenvalue weighted by Crippen LogP contribution is -2.07. The molecule has 0 fully saturated rings. The van der Waals surface area contributed by atoms with E-state index >= 15 is 0 Å². The van der Waals surface area contributed by atoms with Crippen molar-refractivity contribution in [2.75, 3.05) is 16.8 Å². The van der Waals surface area contributed by atoms with Crippen LogP contribution in [-0.4, -0.2) is 15.9 Å². The van der Waals surface area contributed by atoms with Gasteiger partial charge in [0.15, 0.2) is 0 Å². The molecule has 0 saturated heterocycles. The minimum absolute atomic E-state index is 0.275. The first kappa shape index (κ1) is 17.6. The number of hydrogen-bond acceptors (Lipinski definition) is 6. The molecule has 7 heteroatoms. The van der Waals surface area contributed by atoms with Gasteiger partial charge in [0.05, 0.1) is 10.7 Å². The molecule has 1 heterocycles. The van der Waals surface area contributed by atoms with Crippen LogP contribution in [0.15, 0.2) is 59.8 Å². The van der Waals surface area contributed by atoms with Crippen molar-refractivity contribution in [3.63, 3.8) is 0 Å². The van der Waals surface area contributed by atoms with Gasteiger partial charge in [0.1, 0.15) is 17.3 Å².